The number of amides is 1. The van der Waals surface area contributed by atoms with Gasteiger partial charge in [-0.15, -0.1) is 0 Å². The molecule has 0 saturated carbocycles. The molecule has 4 nitrogen and oxygen atoms in total. The number of nitrogens with zero attached hydrogens (tertiary/aromatic N) is 1. The van der Waals surface area contributed by atoms with Crippen LogP contribution in [0.4, 0.5) is 0 Å². The summed E-state index contributed by atoms with van der Waals surface area (Å²) in [6.45, 7) is 8.10. The standard InChI is InChI=1S/C12H26N2O2/c1-5-10(6-2)8-14(7-3)12(15)11(13)9-16-4/h10-11H,5-9,13H2,1-4H3. The molecule has 1 atom stereocenters. The lowest BCUT2D eigenvalue weighted by molar-refractivity contribution is -0.134. The molecule has 0 aliphatic heterocycles. The molecule has 0 fully saturated rings. The van der Waals surface area contributed by atoms with Gasteiger partial charge < -0.3 is 15.4 Å². The molecule has 2 N–H and O–H groups in total. The highest BCUT2D eigenvalue weighted by Crippen LogP contribution is 2.10. The van der Waals surface area contributed by atoms with Gasteiger partial charge in [-0.1, -0.05) is 26.7 Å². The molecule has 0 aromatic rings. The topological polar surface area (TPSA) is 55.6 Å². The van der Waals surface area contributed by atoms with Crippen LogP contribution < -0.4 is 5.73 Å². The van der Waals surface area contributed by atoms with Crippen LogP contribution in [0.3, 0.4) is 0 Å². The van der Waals surface area contributed by atoms with E-state index in [1.807, 2.05) is 11.8 Å². The second kappa shape index (κ2) is 8.53. The van der Waals surface area contributed by atoms with Crippen LogP contribution in [-0.4, -0.2) is 43.7 Å². The molecular weight excluding hydrogens is 204 g/mol. The Morgan fingerprint density at radius 3 is 2.25 bits per heavy atom. The molecule has 0 bridgehead atoms. The lowest BCUT2D eigenvalue weighted by Crippen LogP contribution is -2.47. The zero-order valence-electron chi connectivity index (χ0n) is 11.0. The molecule has 4 heteroatoms. The highest BCUT2D eigenvalue weighted by Gasteiger charge is 2.21. The fourth-order valence-corrected chi connectivity index (χ4v) is 1.72. The quantitative estimate of drug-likeness (QED) is 0.682. The van der Waals surface area contributed by atoms with Crippen LogP contribution in [0.2, 0.25) is 0 Å². The molecule has 0 radical (unpaired) electrons. The number of carbonyl (C=O) groups excluding carboxylic acids is 1. The van der Waals surface area contributed by atoms with E-state index in [0.29, 0.717) is 12.5 Å². The van der Waals surface area contributed by atoms with Crippen LogP contribution in [-0.2, 0) is 9.53 Å². The summed E-state index contributed by atoms with van der Waals surface area (Å²) in [5.74, 6) is 0.565. The largest absolute Gasteiger partial charge is 0.383 e. The van der Waals surface area contributed by atoms with Gasteiger partial charge in [-0.25, -0.2) is 0 Å². The molecular formula is C12H26N2O2. The first-order valence-corrected chi connectivity index (χ1v) is 6.13. The first-order valence-electron chi connectivity index (χ1n) is 6.13. The molecule has 0 aromatic heterocycles. The van der Waals surface area contributed by atoms with Gasteiger partial charge in [-0.2, -0.15) is 0 Å². The minimum absolute atomic E-state index is 0.00347. The Hall–Kier alpha value is -0.610. The van der Waals surface area contributed by atoms with E-state index in [4.69, 9.17) is 10.5 Å². The second-order valence-corrected chi connectivity index (χ2v) is 4.12. The van der Waals surface area contributed by atoms with E-state index in [2.05, 4.69) is 13.8 Å². The van der Waals surface area contributed by atoms with Crippen molar-refractivity contribution in [3.63, 3.8) is 0 Å². The van der Waals surface area contributed by atoms with Gasteiger partial charge >= 0.3 is 0 Å². The molecule has 0 spiro atoms. The zero-order chi connectivity index (χ0) is 12.6. The van der Waals surface area contributed by atoms with Crippen molar-refractivity contribution in [1.29, 1.82) is 0 Å². The van der Waals surface area contributed by atoms with E-state index in [1.54, 1.807) is 7.11 Å². The van der Waals surface area contributed by atoms with Gasteiger partial charge in [-0.05, 0) is 12.8 Å². The summed E-state index contributed by atoms with van der Waals surface area (Å²) >= 11 is 0. The lowest BCUT2D eigenvalue weighted by Gasteiger charge is -2.27. The first kappa shape index (κ1) is 15.4. The predicted molar refractivity (Wildman–Crippen MR) is 66.2 cm³/mol. The van der Waals surface area contributed by atoms with E-state index < -0.39 is 6.04 Å². The number of hydrogen-bond acceptors (Lipinski definition) is 3. The molecule has 1 amide bonds. The number of carbonyl (C=O) groups is 1. The molecule has 96 valence electrons. The van der Waals surface area contributed by atoms with Gasteiger partial charge in [0.05, 0.1) is 6.61 Å². The Labute approximate surface area is 99.1 Å². The van der Waals surface area contributed by atoms with E-state index in [-0.39, 0.29) is 12.5 Å². The molecule has 16 heavy (non-hydrogen) atoms. The van der Waals surface area contributed by atoms with Crippen LogP contribution in [0, 0.1) is 5.92 Å². The van der Waals surface area contributed by atoms with Crippen molar-refractivity contribution >= 4 is 5.91 Å². The molecule has 0 heterocycles. The maximum atomic E-state index is 12.0. The molecule has 0 aromatic carbocycles. The van der Waals surface area contributed by atoms with Crippen molar-refractivity contribution in [2.24, 2.45) is 11.7 Å². The Morgan fingerprint density at radius 1 is 1.31 bits per heavy atom. The normalized spacial score (nSPS) is 12.9. The van der Waals surface area contributed by atoms with Crippen LogP contribution in [0.25, 0.3) is 0 Å². The maximum absolute atomic E-state index is 12.0. The number of likely N-dealkylation sites (N-methyl/N-ethyl adjacent to an activating group) is 1. The summed E-state index contributed by atoms with van der Waals surface area (Å²) in [6, 6.07) is -0.528. The minimum Gasteiger partial charge on any atom is -0.383 e. The Kier molecular flexibility index (Phi) is 8.21. The molecule has 0 aliphatic carbocycles. The molecule has 0 aliphatic rings. The second-order valence-electron chi connectivity index (χ2n) is 4.12. The van der Waals surface area contributed by atoms with E-state index >= 15 is 0 Å². The van der Waals surface area contributed by atoms with Gasteiger partial charge in [0.15, 0.2) is 0 Å². The summed E-state index contributed by atoms with van der Waals surface area (Å²) in [6.07, 6.45) is 2.19. The molecule has 1 unspecified atom stereocenters. The van der Waals surface area contributed by atoms with Crippen LogP contribution in [0.1, 0.15) is 33.6 Å². The number of rotatable bonds is 8. The third-order valence-electron chi connectivity index (χ3n) is 2.99. The summed E-state index contributed by atoms with van der Waals surface area (Å²) in [5, 5.41) is 0. The van der Waals surface area contributed by atoms with Crippen molar-refractivity contribution in [2.75, 3.05) is 26.8 Å². The molecule has 0 saturated heterocycles. The number of nitrogens with two attached hydrogens (primary N) is 1. The van der Waals surface area contributed by atoms with Gasteiger partial charge in [0, 0.05) is 20.2 Å². The first-order chi connectivity index (χ1) is 7.60. The van der Waals surface area contributed by atoms with Gasteiger partial charge in [0.25, 0.3) is 0 Å². The van der Waals surface area contributed by atoms with Crippen LogP contribution in [0.5, 0.6) is 0 Å². The zero-order valence-corrected chi connectivity index (χ0v) is 11.0. The molecule has 0 rings (SSSR count). The van der Waals surface area contributed by atoms with Crippen molar-refractivity contribution in [3.8, 4) is 0 Å². The van der Waals surface area contributed by atoms with Gasteiger partial charge in [0.1, 0.15) is 6.04 Å². The van der Waals surface area contributed by atoms with E-state index in [0.717, 1.165) is 19.4 Å². The van der Waals surface area contributed by atoms with Crippen LogP contribution >= 0.6 is 0 Å². The number of methoxy groups -OCH3 is 1. The maximum Gasteiger partial charge on any atom is 0.241 e. The average molecular weight is 230 g/mol. The summed E-state index contributed by atoms with van der Waals surface area (Å²) < 4.78 is 4.90. The highest BCUT2D eigenvalue weighted by molar-refractivity contribution is 5.81. The Bertz CT molecular complexity index is 193. The van der Waals surface area contributed by atoms with E-state index in [9.17, 15) is 4.79 Å². The lowest BCUT2D eigenvalue weighted by atomic mass is 10.0. The van der Waals surface area contributed by atoms with Crippen molar-refractivity contribution < 1.29 is 9.53 Å². The fraction of sp³-hybridized carbons (Fsp3) is 0.917. The van der Waals surface area contributed by atoms with Crippen LogP contribution in [0.15, 0.2) is 0 Å². The highest BCUT2D eigenvalue weighted by atomic mass is 16.5. The van der Waals surface area contributed by atoms with Gasteiger partial charge in [0.2, 0.25) is 5.91 Å². The summed E-state index contributed by atoms with van der Waals surface area (Å²) in [7, 11) is 1.56. The summed E-state index contributed by atoms with van der Waals surface area (Å²) in [5.41, 5.74) is 5.75. The third kappa shape index (κ3) is 4.94. The summed E-state index contributed by atoms with van der Waals surface area (Å²) in [4.78, 5) is 13.8. The Morgan fingerprint density at radius 2 is 1.88 bits per heavy atom. The Balaban J connectivity index is 4.30. The number of ether oxygens (including phenoxy) is 1. The van der Waals surface area contributed by atoms with Crippen molar-refractivity contribution in [3.05, 3.63) is 0 Å². The smallest absolute Gasteiger partial charge is 0.241 e. The minimum atomic E-state index is -0.528. The van der Waals surface area contributed by atoms with Crippen molar-refractivity contribution in [1.82, 2.24) is 4.90 Å². The van der Waals surface area contributed by atoms with Gasteiger partial charge in [-0.3, -0.25) is 4.79 Å². The SMILES string of the molecule is CCC(CC)CN(CC)C(=O)C(N)COC. The monoisotopic (exact) mass is 230 g/mol. The fourth-order valence-electron chi connectivity index (χ4n) is 1.72. The average Bonchev–Trinajstić information content (AvgIpc) is 2.30. The number of hydrogen-bond donors (Lipinski definition) is 1. The van der Waals surface area contributed by atoms with E-state index in [1.165, 1.54) is 0 Å². The van der Waals surface area contributed by atoms with Crippen molar-refractivity contribution in [2.45, 2.75) is 39.7 Å². The predicted octanol–water partition coefficient (Wildman–Crippen LogP) is 1.24. The third-order valence-corrected chi connectivity index (χ3v) is 2.99.